The summed E-state index contributed by atoms with van der Waals surface area (Å²) in [4.78, 5) is 0. The Morgan fingerprint density at radius 3 is 1.29 bits per heavy atom. The zero-order chi connectivity index (χ0) is 10.5. The van der Waals surface area contributed by atoms with E-state index < -0.39 is 0 Å². The van der Waals surface area contributed by atoms with E-state index in [0.29, 0.717) is 6.61 Å². The number of hydrogen-bond acceptors (Lipinski definition) is 1. The van der Waals surface area contributed by atoms with E-state index in [1.54, 1.807) is 0 Å². The fraction of sp³-hybridized carbons (Fsp3) is 1.00. The van der Waals surface area contributed by atoms with E-state index in [4.69, 9.17) is 5.11 Å². The summed E-state index contributed by atoms with van der Waals surface area (Å²) in [7, 11) is 0. The molecule has 0 aromatic rings. The molecule has 0 aromatic carbocycles. The van der Waals surface area contributed by atoms with Crippen LogP contribution in [-0.2, 0) is 5.11 Å². The average Bonchev–Trinajstić information content (AvgIpc) is 2.21. The topological polar surface area (TPSA) is 40.1 Å². The van der Waals surface area contributed by atoms with Gasteiger partial charge in [0.1, 0.15) is 0 Å². The summed E-state index contributed by atoms with van der Waals surface area (Å²) in [5, 5.41) is 18.7. The van der Waals surface area contributed by atoms with Gasteiger partial charge in [0.15, 0.2) is 0 Å². The number of aliphatic hydroxyl groups excluding tert-OH is 1. The lowest BCUT2D eigenvalue weighted by molar-refractivity contribution is 0.186. The minimum atomic E-state index is 0.0984. The van der Waals surface area contributed by atoms with Crippen molar-refractivity contribution in [3.8, 4) is 0 Å². The molecule has 2 nitrogen and oxygen atoms in total. The predicted octanol–water partition coefficient (Wildman–Crippen LogP) is 3.31. The molecule has 0 rings (SSSR count). The predicted molar refractivity (Wildman–Crippen MR) is 58.8 cm³/mol. The Kier molecular flexibility index (Phi) is 12.8. The average molecular weight is 201 g/mol. The van der Waals surface area contributed by atoms with Gasteiger partial charge in [-0.25, -0.2) is 5.11 Å². The molecule has 0 saturated heterocycles. The third-order valence-corrected chi connectivity index (χ3v) is 2.55. The van der Waals surface area contributed by atoms with Gasteiger partial charge in [-0.15, -0.1) is 0 Å². The summed E-state index contributed by atoms with van der Waals surface area (Å²) in [5.74, 6) is 0. The van der Waals surface area contributed by atoms with E-state index in [1.807, 2.05) is 0 Å². The number of rotatable bonds is 11. The summed E-state index contributed by atoms with van der Waals surface area (Å²) in [5.41, 5.74) is 0. The first kappa shape index (κ1) is 13.9. The van der Waals surface area contributed by atoms with Crippen LogP contribution in [0.4, 0.5) is 0 Å². The molecule has 0 bridgehead atoms. The van der Waals surface area contributed by atoms with Crippen molar-refractivity contribution < 1.29 is 10.2 Å². The largest absolute Gasteiger partial charge is 0.396 e. The second-order valence-electron chi connectivity index (χ2n) is 3.96. The van der Waals surface area contributed by atoms with E-state index in [0.717, 1.165) is 19.3 Å². The molecule has 0 aliphatic heterocycles. The van der Waals surface area contributed by atoms with E-state index in [2.05, 4.69) is 0 Å². The maximum Gasteiger partial charge on any atom is 0.0822 e. The van der Waals surface area contributed by atoms with Gasteiger partial charge in [-0.1, -0.05) is 51.4 Å². The van der Waals surface area contributed by atoms with E-state index in [-0.39, 0.29) is 6.61 Å². The van der Waals surface area contributed by atoms with Crippen LogP contribution >= 0.6 is 0 Å². The highest BCUT2D eigenvalue weighted by molar-refractivity contribution is 4.47. The van der Waals surface area contributed by atoms with Gasteiger partial charge < -0.3 is 5.11 Å². The van der Waals surface area contributed by atoms with E-state index in [1.165, 1.54) is 44.9 Å². The van der Waals surface area contributed by atoms with Gasteiger partial charge in [0, 0.05) is 6.61 Å². The minimum absolute atomic E-state index is 0.0984. The molecule has 0 amide bonds. The van der Waals surface area contributed by atoms with Crippen molar-refractivity contribution >= 4 is 0 Å². The SMILES string of the molecule is [O]CCCCCCCCCCCCO. The standard InChI is InChI=1S/C12H25O2/c13-11-9-7-5-3-1-2-4-6-8-10-12-14/h13H,1-12H2. The molecule has 0 unspecified atom stereocenters. The van der Waals surface area contributed by atoms with Crippen molar-refractivity contribution in [2.75, 3.05) is 13.2 Å². The van der Waals surface area contributed by atoms with Crippen LogP contribution in [0.1, 0.15) is 64.2 Å². The normalized spacial score (nSPS) is 10.7. The third-order valence-electron chi connectivity index (χ3n) is 2.55. The summed E-state index contributed by atoms with van der Waals surface area (Å²) < 4.78 is 0. The summed E-state index contributed by atoms with van der Waals surface area (Å²) in [6.07, 6.45) is 11.9. The number of aliphatic hydroxyl groups is 1. The van der Waals surface area contributed by atoms with Crippen molar-refractivity contribution in [2.45, 2.75) is 64.2 Å². The molecule has 1 N–H and O–H groups in total. The molecule has 1 radical (unpaired) electrons. The first-order valence-corrected chi connectivity index (χ1v) is 6.10. The van der Waals surface area contributed by atoms with Crippen molar-refractivity contribution in [3.63, 3.8) is 0 Å². The van der Waals surface area contributed by atoms with Gasteiger partial charge in [0.25, 0.3) is 0 Å². The molecule has 0 spiro atoms. The van der Waals surface area contributed by atoms with Crippen LogP contribution in [0.3, 0.4) is 0 Å². The Labute approximate surface area is 88.3 Å². The summed E-state index contributed by atoms with van der Waals surface area (Å²) in [6.45, 7) is 0.441. The van der Waals surface area contributed by atoms with Crippen LogP contribution in [0.2, 0.25) is 0 Å². The van der Waals surface area contributed by atoms with Gasteiger partial charge in [-0.05, 0) is 12.8 Å². The molecule has 0 heterocycles. The summed E-state index contributed by atoms with van der Waals surface area (Å²) >= 11 is 0. The Bertz CT molecular complexity index is 82.3. The van der Waals surface area contributed by atoms with Crippen molar-refractivity contribution in [1.29, 1.82) is 0 Å². The number of hydrogen-bond donors (Lipinski definition) is 1. The lowest BCUT2D eigenvalue weighted by Crippen LogP contribution is -1.85. The fourth-order valence-electron chi connectivity index (χ4n) is 1.63. The molecular weight excluding hydrogens is 176 g/mol. The highest BCUT2D eigenvalue weighted by atomic mass is 16.3. The molecule has 14 heavy (non-hydrogen) atoms. The quantitative estimate of drug-likeness (QED) is 0.512. The monoisotopic (exact) mass is 201 g/mol. The van der Waals surface area contributed by atoms with Crippen LogP contribution in [0.5, 0.6) is 0 Å². The summed E-state index contributed by atoms with van der Waals surface area (Å²) in [6, 6.07) is 0. The lowest BCUT2D eigenvalue weighted by atomic mass is 10.1. The van der Waals surface area contributed by atoms with Gasteiger partial charge in [-0.3, -0.25) is 0 Å². The van der Waals surface area contributed by atoms with Gasteiger partial charge in [0.2, 0.25) is 0 Å². The Morgan fingerprint density at radius 1 is 0.571 bits per heavy atom. The Hall–Kier alpha value is -0.0800. The van der Waals surface area contributed by atoms with Gasteiger partial charge in [0.05, 0.1) is 6.61 Å². The second-order valence-corrected chi connectivity index (χ2v) is 3.96. The smallest absolute Gasteiger partial charge is 0.0822 e. The fourth-order valence-corrected chi connectivity index (χ4v) is 1.63. The molecule has 0 aromatic heterocycles. The highest BCUT2D eigenvalue weighted by Crippen LogP contribution is 2.10. The van der Waals surface area contributed by atoms with Crippen LogP contribution in [0.25, 0.3) is 0 Å². The second kappa shape index (κ2) is 12.9. The lowest BCUT2D eigenvalue weighted by Gasteiger charge is -2.00. The van der Waals surface area contributed by atoms with Gasteiger partial charge >= 0.3 is 0 Å². The zero-order valence-electron chi connectivity index (χ0n) is 9.34. The molecule has 0 aliphatic rings. The van der Waals surface area contributed by atoms with Gasteiger partial charge in [-0.2, -0.15) is 0 Å². The maximum absolute atomic E-state index is 10.1. The van der Waals surface area contributed by atoms with Crippen molar-refractivity contribution in [3.05, 3.63) is 0 Å². The first-order chi connectivity index (χ1) is 6.91. The number of unbranched alkanes of at least 4 members (excludes halogenated alkanes) is 9. The van der Waals surface area contributed by atoms with E-state index in [9.17, 15) is 5.11 Å². The molecule has 85 valence electrons. The first-order valence-electron chi connectivity index (χ1n) is 6.10. The Balaban J connectivity index is 2.78. The molecule has 0 atom stereocenters. The Morgan fingerprint density at radius 2 is 0.929 bits per heavy atom. The van der Waals surface area contributed by atoms with Crippen LogP contribution < -0.4 is 0 Å². The molecule has 0 saturated carbocycles. The minimum Gasteiger partial charge on any atom is -0.396 e. The van der Waals surface area contributed by atoms with Crippen molar-refractivity contribution in [1.82, 2.24) is 0 Å². The van der Waals surface area contributed by atoms with Crippen molar-refractivity contribution in [2.24, 2.45) is 0 Å². The molecule has 2 heteroatoms. The zero-order valence-corrected chi connectivity index (χ0v) is 9.34. The third kappa shape index (κ3) is 11.9. The molecule has 0 fully saturated rings. The van der Waals surface area contributed by atoms with Crippen LogP contribution in [-0.4, -0.2) is 18.3 Å². The van der Waals surface area contributed by atoms with Crippen LogP contribution in [0.15, 0.2) is 0 Å². The van der Waals surface area contributed by atoms with Crippen LogP contribution in [0, 0.1) is 0 Å². The molecular formula is C12H25O2. The maximum atomic E-state index is 10.1. The van der Waals surface area contributed by atoms with E-state index >= 15 is 0 Å². The molecule has 0 aliphatic carbocycles. The highest BCUT2D eigenvalue weighted by Gasteiger charge is 1.92.